The Labute approximate surface area is 152 Å². The molecule has 0 aliphatic rings. The van der Waals surface area contributed by atoms with Gasteiger partial charge in [0.1, 0.15) is 0 Å². The normalized spacial score (nSPS) is 6.67. The Morgan fingerprint density at radius 2 is 0.667 bits per heavy atom. The van der Waals surface area contributed by atoms with Crippen LogP contribution in [0.15, 0.2) is 0 Å². The van der Waals surface area contributed by atoms with Crippen LogP contribution >= 0.6 is 0 Å². The molecular weight excluding hydrogens is 333 g/mol. The first-order chi connectivity index (χ1) is 2.00. The molecule has 0 aromatic carbocycles. The van der Waals surface area contributed by atoms with Crippen molar-refractivity contribution < 1.29 is 157 Å². The number of halogens is 6. The van der Waals surface area contributed by atoms with E-state index in [-0.39, 0.29) is 126 Å². The minimum absolute atomic E-state index is 0. The van der Waals surface area contributed by atoms with Crippen LogP contribution < -0.4 is 126 Å². The Balaban J connectivity index is -0.0000000133. The van der Waals surface area contributed by atoms with Gasteiger partial charge in [-0.05, 0) is 0 Å². The van der Waals surface area contributed by atoms with E-state index in [0.29, 0.717) is 0 Å². The van der Waals surface area contributed by atoms with Crippen LogP contribution in [-0.2, 0) is 18.7 Å². The summed E-state index contributed by atoms with van der Waals surface area (Å²) in [6, 6.07) is 0. The van der Waals surface area contributed by atoms with Gasteiger partial charge in [0.15, 0.2) is 0 Å². The first-order valence-electron chi connectivity index (χ1n) is 0.756. The molecule has 0 aromatic rings. The maximum atomic E-state index is 9.88. The van der Waals surface area contributed by atoms with Crippen molar-refractivity contribution in [3.63, 3.8) is 0 Å². The molecule has 9 heavy (non-hydrogen) atoms. The van der Waals surface area contributed by atoms with Crippen molar-refractivity contribution in [2.45, 2.75) is 0 Å². The summed E-state index contributed by atoms with van der Waals surface area (Å²) in [5.74, 6) is 0. The third-order valence-electron chi connectivity index (χ3n) is 0. The summed E-state index contributed by atoms with van der Waals surface area (Å²) in [7, 11) is 0. The van der Waals surface area contributed by atoms with Crippen LogP contribution in [0.3, 0.4) is 0 Å². The zero-order valence-electron chi connectivity index (χ0n) is 4.77. The van der Waals surface area contributed by atoms with E-state index < -0.39 is 18.7 Å². The summed E-state index contributed by atoms with van der Waals surface area (Å²) in [4.78, 5) is 0. The molecule has 0 saturated carbocycles. The molecule has 0 heterocycles. The predicted molar refractivity (Wildman–Crippen MR) is 4.43 cm³/mol. The maximum Gasteiger partial charge on any atom is 1.00 e. The van der Waals surface area contributed by atoms with Crippen LogP contribution in [0.1, 0.15) is 0 Å². The monoisotopic (exact) mass is 332 g/mol. The van der Waals surface area contributed by atoms with Gasteiger partial charge in [0.2, 0.25) is 0 Å². The van der Waals surface area contributed by atoms with Crippen molar-refractivity contribution in [1.29, 1.82) is 0 Å². The fraction of sp³-hybridized carbons (Fsp3) is 0. The van der Waals surface area contributed by atoms with Gasteiger partial charge in [-0.3, -0.25) is 0 Å². The van der Waals surface area contributed by atoms with Gasteiger partial charge in [0.05, 0.1) is 0 Å². The van der Waals surface area contributed by atoms with E-state index in [1.165, 1.54) is 0 Å². The summed E-state index contributed by atoms with van der Waals surface area (Å²) in [5.41, 5.74) is 0. The predicted octanol–water partition coefficient (Wildman–Crippen LogP) is -10.3. The molecule has 0 nitrogen and oxygen atoms in total. The topological polar surface area (TPSA) is 0 Å². The molecule has 0 N–H and O–H groups in total. The first kappa shape index (κ1) is 29.3. The van der Waals surface area contributed by atoms with Crippen molar-refractivity contribution in [3.8, 4) is 0 Å². The minimum Gasteiger partial charge on any atom is 1.00 e. The van der Waals surface area contributed by atoms with Crippen molar-refractivity contribution in [2.75, 3.05) is 0 Å². The van der Waals surface area contributed by atoms with Crippen molar-refractivity contribution in [2.24, 2.45) is 0 Å². The molecule has 0 aliphatic carbocycles. The van der Waals surface area contributed by atoms with E-state index in [2.05, 4.69) is 0 Å². The molecule has 0 aliphatic heterocycles. The first-order valence-corrected chi connectivity index (χ1v) is 3.12. The molecule has 0 unspecified atom stereocenters. The van der Waals surface area contributed by atoms with Gasteiger partial charge in [0.25, 0.3) is 0 Å². The second-order valence-electron chi connectivity index (χ2n) is 0.429. The Kier molecular flexibility index (Phi) is 46.9. The number of hydrogen-bond donors (Lipinski definition) is 0. The fourth-order valence-electron chi connectivity index (χ4n) is 0. The molecule has 0 amide bonds. The van der Waals surface area contributed by atoms with Crippen LogP contribution in [0.5, 0.6) is 0 Å². The van der Waals surface area contributed by atoms with Crippen LogP contribution in [0.2, 0.25) is 0 Å². The molecule has 0 fully saturated rings. The summed E-state index contributed by atoms with van der Waals surface area (Å²) in [6.07, 6.45) is 0. The van der Waals surface area contributed by atoms with Crippen LogP contribution in [0.4, 0.5) is 12.4 Å². The van der Waals surface area contributed by atoms with E-state index >= 15 is 0 Å². The Bertz CT molecular complexity index is 26.5. The molecule has 0 spiro atoms. The fourth-order valence-corrected chi connectivity index (χ4v) is 0. The van der Waals surface area contributed by atoms with Crippen LogP contribution in [0.25, 0.3) is 0 Å². The summed E-state index contributed by atoms with van der Waals surface area (Å²) < 4.78 is 39.5. The molecule has 9 heteroatoms. The Morgan fingerprint density at radius 1 is 0.667 bits per heavy atom. The van der Waals surface area contributed by atoms with Crippen molar-refractivity contribution in [1.82, 2.24) is 0 Å². The average molecular weight is 333 g/mol. The van der Waals surface area contributed by atoms with Gasteiger partial charge in [-0.1, -0.05) is 0 Å². The second kappa shape index (κ2) is 14.4. The van der Waals surface area contributed by atoms with Gasteiger partial charge < -0.3 is 9.41 Å². The molecule has 0 aromatic heterocycles. The Hall–Kier alpha value is 3.90. The quantitative estimate of drug-likeness (QED) is 0.305. The Morgan fingerprint density at radius 3 is 0.667 bits per heavy atom. The molecular formula is F6Rb2Ti. The van der Waals surface area contributed by atoms with Crippen LogP contribution in [-0.4, -0.2) is 0 Å². The number of hydrogen-bond acceptors (Lipinski definition) is 0. The van der Waals surface area contributed by atoms with Crippen molar-refractivity contribution >= 4 is 0 Å². The summed E-state index contributed by atoms with van der Waals surface area (Å²) in [6.45, 7) is 0. The van der Waals surface area contributed by atoms with Crippen molar-refractivity contribution in [3.05, 3.63) is 0 Å². The van der Waals surface area contributed by atoms with E-state index in [9.17, 15) is 12.4 Å². The van der Waals surface area contributed by atoms with Gasteiger partial charge in [-0.25, -0.2) is 0 Å². The minimum atomic E-state index is -7.00. The SMILES string of the molecule is [F-].[F-].[F][Ti]([F])([F])[F].[Rb+].[Rb+]. The van der Waals surface area contributed by atoms with E-state index in [4.69, 9.17) is 0 Å². The van der Waals surface area contributed by atoms with Gasteiger partial charge in [0, 0.05) is 0 Å². The van der Waals surface area contributed by atoms with Gasteiger partial charge in [-0.15, -0.1) is 0 Å². The summed E-state index contributed by atoms with van der Waals surface area (Å²) >= 11 is -7.00. The number of rotatable bonds is 0. The zero-order valence-corrected chi connectivity index (χ0v) is 16.2. The van der Waals surface area contributed by atoms with Gasteiger partial charge >= 0.3 is 147 Å². The summed E-state index contributed by atoms with van der Waals surface area (Å²) in [5, 5.41) is 0. The van der Waals surface area contributed by atoms with E-state index in [0.717, 1.165) is 0 Å². The zero-order chi connectivity index (χ0) is 4.50. The van der Waals surface area contributed by atoms with E-state index in [1.54, 1.807) is 0 Å². The molecule has 0 saturated heterocycles. The molecule has 0 atom stereocenters. The standard InChI is InChI=1S/6FH.2Rb.Ti/h6*1H;;;/q;;;;;;2*+1;+4/p-6. The van der Waals surface area contributed by atoms with E-state index in [1.807, 2.05) is 0 Å². The third-order valence-corrected chi connectivity index (χ3v) is 0. The second-order valence-corrected chi connectivity index (χ2v) is 1.77. The maximum absolute atomic E-state index is 9.88. The van der Waals surface area contributed by atoms with Gasteiger partial charge in [-0.2, -0.15) is 0 Å². The largest absolute Gasteiger partial charge is 1.00 e. The average Bonchev–Trinajstić information content (AvgIpc) is 0.722. The van der Waals surface area contributed by atoms with Crippen LogP contribution in [0, 0.1) is 0 Å². The third kappa shape index (κ3) is 76.6. The molecule has 0 radical (unpaired) electrons. The smallest absolute Gasteiger partial charge is 1.00 e. The molecule has 0 bridgehead atoms. The molecule has 48 valence electrons. The molecule has 0 rings (SSSR count).